The molecule has 4 nitrogen and oxygen atoms in total. The summed E-state index contributed by atoms with van der Waals surface area (Å²) in [6, 6.07) is 3.20. The molecule has 1 N–H and O–H groups in total. The quantitative estimate of drug-likeness (QED) is 0.699. The van der Waals surface area contributed by atoms with Crippen molar-refractivity contribution in [2.75, 3.05) is 0 Å². The number of hydrogen-bond donors (Lipinski definition) is 1. The van der Waals surface area contributed by atoms with Crippen molar-refractivity contribution in [1.82, 2.24) is 10.3 Å². The lowest BCUT2D eigenvalue weighted by Gasteiger charge is -2.10. The number of nitrogens with zero attached hydrogens (tertiary/aromatic N) is 1. The molecule has 1 atom stereocenters. The maximum atomic E-state index is 10.7. The molecule has 0 aliphatic heterocycles. The van der Waals surface area contributed by atoms with Crippen LogP contribution in [-0.2, 0) is 16.0 Å². The third kappa shape index (κ3) is 3.35. The van der Waals surface area contributed by atoms with Gasteiger partial charge in [0.2, 0.25) is 5.91 Å². The standard InChI is InChI=1S/C10H12N2O2/c1-8(14)12-10(7-13)5-9-3-2-4-11-6-9/h2-4,6-7,10H,5H2,1H3,(H,12,14)/t10-/m1/s1. The normalized spacial score (nSPS) is 11.8. The van der Waals surface area contributed by atoms with Crippen LogP contribution in [0.3, 0.4) is 0 Å². The lowest BCUT2D eigenvalue weighted by Crippen LogP contribution is -2.35. The van der Waals surface area contributed by atoms with E-state index in [1.165, 1.54) is 6.92 Å². The van der Waals surface area contributed by atoms with Crippen molar-refractivity contribution >= 4 is 12.2 Å². The fourth-order valence-electron chi connectivity index (χ4n) is 1.17. The number of rotatable bonds is 4. The van der Waals surface area contributed by atoms with E-state index in [1.54, 1.807) is 18.5 Å². The Morgan fingerprint density at radius 2 is 2.50 bits per heavy atom. The molecule has 14 heavy (non-hydrogen) atoms. The molecule has 0 saturated heterocycles. The van der Waals surface area contributed by atoms with Gasteiger partial charge in [0.15, 0.2) is 0 Å². The number of aldehydes is 1. The Bertz CT molecular complexity index is 311. The molecule has 0 aliphatic rings. The van der Waals surface area contributed by atoms with Crippen LogP contribution in [-0.4, -0.2) is 23.2 Å². The van der Waals surface area contributed by atoms with Crippen molar-refractivity contribution < 1.29 is 9.59 Å². The van der Waals surface area contributed by atoms with Gasteiger partial charge in [0.05, 0.1) is 6.04 Å². The van der Waals surface area contributed by atoms with Gasteiger partial charge >= 0.3 is 0 Å². The van der Waals surface area contributed by atoms with Crippen LogP contribution in [0.25, 0.3) is 0 Å². The van der Waals surface area contributed by atoms with Crippen LogP contribution in [0, 0.1) is 0 Å². The summed E-state index contributed by atoms with van der Waals surface area (Å²) in [5.41, 5.74) is 0.929. The van der Waals surface area contributed by atoms with Crippen molar-refractivity contribution in [3.05, 3.63) is 30.1 Å². The zero-order valence-corrected chi connectivity index (χ0v) is 7.93. The third-order valence-electron chi connectivity index (χ3n) is 1.73. The highest BCUT2D eigenvalue weighted by molar-refractivity contribution is 5.77. The zero-order valence-electron chi connectivity index (χ0n) is 7.93. The van der Waals surface area contributed by atoms with Gasteiger partial charge in [-0.25, -0.2) is 0 Å². The molecule has 1 amide bonds. The van der Waals surface area contributed by atoms with E-state index < -0.39 is 6.04 Å². The van der Waals surface area contributed by atoms with Crippen molar-refractivity contribution in [1.29, 1.82) is 0 Å². The summed E-state index contributed by atoms with van der Waals surface area (Å²) >= 11 is 0. The first-order valence-corrected chi connectivity index (χ1v) is 4.33. The highest BCUT2D eigenvalue weighted by Gasteiger charge is 2.08. The molecule has 74 valence electrons. The first-order chi connectivity index (χ1) is 6.72. The van der Waals surface area contributed by atoms with E-state index in [0.717, 1.165) is 11.8 Å². The molecule has 1 aromatic rings. The van der Waals surface area contributed by atoms with Gasteiger partial charge in [-0.2, -0.15) is 0 Å². The van der Waals surface area contributed by atoms with Crippen LogP contribution >= 0.6 is 0 Å². The topological polar surface area (TPSA) is 59.1 Å². The summed E-state index contributed by atoms with van der Waals surface area (Å²) in [7, 11) is 0. The Morgan fingerprint density at radius 1 is 1.71 bits per heavy atom. The molecule has 1 aromatic heterocycles. The smallest absolute Gasteiger partial charge is 0.217 e. The Balaban J connectivity index is 2.57. The molecule has 0 aliphatic carbocycles. The van der Waals surface area contributed by atoms with Crippen LogP contribution in [0.2, 0.25) is 0 Å². The maximum Gasteiger partial charge on any atom is 0.217 e. The van der Waals surface area contributed by atoms with E-state index in [-0.39, 0.29) is 5.91 Å². The van der Waals surface area contributed by atoms with Gasteiger partial charge in [0.1, 0.15) is 6.29 Å². The van der Waals surface area contributed by atoms with Gasteiger partial charge in [0, 0.05) is 25.7 Å². The second-order valence-corrected chi connectivity index (χ2v) is 3.01. The minimum Gasteiger partial charge on any atom is -0.346 e. The minimum atomic E-state index is -0.461. The van der Waals surface area contributed by atoms with Crippen LogP contribution in [0.4, 0.5) is 0 Å². The van der Waals surface area contributed by atoms with Gasteiger partial charge in [0.25, 0.3) is 0 Å². The summed E-state index contributed by atoms with van der Waals surface area (Å²) in [5, 5.41) is 2.54. The van der Waals surface area contributed by atoms with Crippen LogP contribution in [0.15, 0.2) is 24.5 Å². The predicted octanol–water partition coefficient (Wildman–Crippen LogP) is 0.328. The van der Waals surface area contributed by atoms with Crippen molar-refractivity contribution in [3.8, 4) is 0 Å². The molecule has 4 heteroatoms. The van der Waals surface area contributed by atoms with Crippen molar-refractivity contribution in [2.45, 2.75) is 19.4 Å². The van der Waals surface area contributed by atoms with E-state index in [1.807, 2.05) is 6.07 Å². The Morgan fingerprint density at radius 3 is 3.00 bits per heavy atom. The number of carbonyl (C=O) groups excluding carboxylic acids is 2. The summed E-state index contributed by atoms with van der Waals surface area (Å²) in [6.45, 7) is 1.39. The molecule has 0 spiro atoms. The molecule has 1 rings (SSSR count). The minimum absolute atomic E-state index is 0.203. The second-order valence-electron chi connectivity index (χ2n) is 3.01. The van der Waals surface area contributed by atoms with Crippen molar-refractivity contribution in [3.63, 3.8) is 0 Å². The Hall–Kier alpha value is -1.71. The number of nitrogens with one attached hydrogen (secondary N) is 1. The van der Waals surface area contributed by atoms with Crippen LogP contribution in [0.1, 0.15) is 12.5 Å². The van der Waals surface area contributed by atoms with Gasteiger partial charge < -0.3 is 10.1 Å². The SMILES string of the molecule is CC(=O)N[C@@H](C=O)Cc1cccnc1. The first-order valence-electron chi connectivity index (χ1n) is 4.33. The molecule has 0 bridgehead atoms. The average molecular weight is 192 g/mol. The number of hydrogen-bond acceptors (Lipinski definition) is 3. The first kappa shape index (κ1) is 10.4. The number of carbonyl (C=O) groups is 2. The summed E-state index contributed by atoms with van der Waals surface area (Å²) in [6.07, 6.45) is 4.56. The molecule has 0 fully saturated rings. The molecular weight excluding hydrogens is 180 g/mol. The fourth-order valence-corrected chi connectivity index (χ4v) is 1.17. The van der Waals surface area contributed by atoms with E-state index in [4.69, 9.17) is 0 Å². The number of pyridine rings is 1. The lowest BCUT2D eigenvalue weighted by atomic mass is 10.1. The molecule has 0 saturated carbocycles. The van der Waals surface area contributed by atoms with Crippen LogP contribution in [0.5, 0.6) is 0 Å². The second kappa shape index (κ2) is 5.11. The van der Waals surface area contributed by atoms with E-state index in [9.17, 15) is 9.59 Å². The van der Waals surface area contributed by atoms with E-state index >= 15 is 0 Å². The van der Waals surface area contributed by atoms with Gasteiger partial charge in [-0.1, -0.05) is 6.07 Å². The number of amides is 1. The van der Waals surface area contributed by atoms with E-state index in [0.29, 0.717) is 6.42 Å². The summed E-state index contributed by atoms with van der Waals surface area (Å²) < 4.78 is 0. The fraction of sp³-hybridized carbons (Fsp3) is 0.300. The zero-order chi connectivity index (χ0) is 10.4. The highest BCUT2D eigenvalue weighted by Crippen LogP contribution is 1.99. The third-order valence-corrected chi connectivity index (χ3v) is 1.73. The highest BCUT2D eigenvalue weighted by atomic mass is 16.2. The van der Waals surface area contributed by atoms with Crippen molar-refractivity contribution in [2.24, 2.45) is 0 Å². The van der Waals surface area contributed by atoms with Gasteiger partial charge in [-0.15, -0.1) is 0 Å². The molecule has 0 aromatic carbocycles. The van der Waals surface area contributed by atoms with Crippen LogP contribution < -0.4 is 5.32 Å². The summed E-state index contributed by atoms with van der Waals surface area (Å²) in [4.78, 5) is 25.2. The average Bonchev–Trinajstić information content (AvgIpc) is 2.17. The van der Waals surface area contributed by atoms with Gasteiger partial charge in [-0.3, -0.25) is 9.78 Å². The molecule has 1 heterocycles. The molecular formula is C10H12N2O2. The van der Waals surface area contributed by atoms with Gasteiger partial charge in [-0.05, 0) is 11.6 Å². The Kier molecular flexibility index (Phi) is 3.79. The lowest BCUT2D eigenvalue weighted by molar-refractivity contribution is -0.122. The van der Waals surface area contributed by atoms with E-state index in [2.05, 4.69) is 10.3 Å². The molecule has 0 radical (unpaired) electrons. The maximum absolute atomic E-state index is 10.7. The monoisotopic (exact) mass is 192 g/mol. The largest absolute Gasteiger partial charge is 0.346 e. The summed E-state index contributed by atoms with van der Waals surface area (Å²) in [5.74, 6) is -0.203. The Labute approximate surface area is 82.3 Å². The number of aromatic nitrogens is 1. The predicted molar refractivity (Wildman–Crippen MR) is 51.6 cm³/mol. The molecule has 0 unspecified atom stereocenters.